The van der Waals surface area contributed by atoms with Gasteiger partial charge >= 0.3 is 0 Å². The second-order valence-electron chi connectivity index (χ2n) is 7.11. The molecule has 0 spiro atoms. The second kappa shape index (κ2) is 8.76. The predicted molar refractivity (Wildman–Crippen MR) is 108 cm³/mol. The van der Waals surface area contributed by atoms with Crippen molar-refractivity contribution < 1.29 is 4.79 Å². The van der Waals surface area contributed by atoms with Gasteiger partial charge in [0.1, 0.15) is 5.82 Å². The Morgan fingerprint density at radius 3 is 2.88 bits per heavy atom. The molecular weight excluding hydrogens is 342 g/mol. The van der Waals surface area contributed by atoms with Crippen LogP contribution >= 0.6 is 11.8 Å². The van der Waals surface area contributed by atoms with Gasteiger partial charge in [-0.05, 0) is 56.9 Å². The zero-order valence-corrected chi connectivity index (χ0v) is 16.9. The van der Waals surface area contributed by atoms with Gasteiger partial charge in [0.25, 0.3) is 0 Å². The number of aromatic nitrogens is 2. The van der Waals surface area contributed by atoms with Crippen molar-refractivity contribution in [3.8, 4) is 0 Å². The fourth-order valence-electron chi connectivity index (χ4n) is 3.47. The van der Waals surface area contributed by atoms with E-state index in [9.17, 15) is 4.79 Å². The molecule has 2 heterocycles. The molecule has 2 aromatic rings. The third-order valence-electron chi connectivity index (χ3n) is 5.14. The maximum atomic E-state index is 12.1. The highest BCUT2D eigenvalue weighted by atomic mass is 32.2. The molecule has 1 aromatic heterocycles. The molecule has 1 aliphatic rings. The van der Waals surface area contributed by atoms with E-state index in [-0.39, 0.29) is 5.91 Å². The summed E-state index contributed by atoms with van der Waals surface area (Å²) in [6.07, 6.45) is 4.99. The summed E-state index contributed by atoms with van der Waals surface area (Å²) in [5.74, 6) is 2.17. The lowest BCUT2D eigenvalue weighted by molar-refractivity contribution is -0.120. The van der Waals surface area contributed by atoms with Crippen molar-refractivity contribution >= 4 is 17.7 Å². The Morgan fingerprint density at radius 2 is 2.08 bits per heavy atom. The van der Waals surface area contributed by atoms with E-state index in [1.54, 1.807) is 11.8 Å². The van der Waals surface area contributed by atoms with E-state index in [0.717, 1.165) is 30.8 Å². The van der Waals surface area contributed by atoms with Crippen LogP contribution in [-0.4, -0.2) is 27.8 Å². The van der Waals surface area contributed by atoms with Gasteiger partial charge in [-0.3, -0.25) is 4.79 Å². The molecule has 0 fully saturated rings. The van der Waals surface area contributed by atoms with Crippen LogP contribution in [-0.2, 0) is 24.2 Å². The first-order valence-electron chi connectivity index (χ1n) is 9.56. The van der Waals surface area contributed by atoms with Gasteiger partial charge in [-0.1, -0.05) is 6.07 Å². The van der Waals surface area contributed by atoms with E-state index in [1.807, 2.05) is 0 Å². The average Bonchev–Trinajstić information content (AvgIpc) is 2.94. The van der Waals surface area contributed by atoms with Crippen molar-refractivity contribution in [3.63, 3.8) is 0 Å². The predicted octanol–water partition coefficient (Wildman–Crippen LogP) is 3.99. The van der Waals surface area contributed by atoms with Crippen LogP contribution in [0.5, 0.6) is 0 Å². The Balaban J connectivity index is 1.41. The van der Waals surface area contributed by atoms with Crippen LogP contribution in [0.25, 0.3) is 0 Å². The lowest BCUT2D eigenvalue weighted by Gasteiger charge is -2.16. The maximum absolute atomic E-state index is 12.1. The summed E-state index contributed by atoms with van der Waals surface area (Å²) in [4.78, 5) is 18.0. The van der Waals surface area contributed by atoms with Crippen LogP contribution < -0.4 is 5.32 Å². The minimum atomic E-state index is 0.136. The van der Waals surface area contributed by atoms with E-state index in [4.69, 9.17) is 4.98 Å². The van der Waals surface area contributed by atoms with Gasteiger partial charge in [-0.15, -0.1) is 11.8 Å². The van der Waals surface area contributed by atoms with Crippen molar-refractivity contribution in [1.29, 1.82) is 0 Å². The number of aryl methyl sites for hydroxylation is 4. The zero-order valence-electron chi connectivity index (χ0n) is 16.1. The summed E-state index contributed by atoms with van der Waals surface area (Å²) in [6.45, 7) is 8.10. The van der Waals surface area contributed by atoms with E-state index >= 15 is 0 Å². The molecule has 1 aliphatic heterocycles. The highest BCUT2D eigenvalue weighted by Gasteiger charge is 2.17. The number of nitrogens with one attached hydrogen (secondary N) is 1. The molecule has 0 unspecified atom stereocenters. The van der Waals surface area contributed by atoms with Crippen LogP contribution in [0.3, 0.4) is 0 Å². The Morgan fingerprint density at radius 1 is 1.23 bits per heavy atom. The molecule has 26 heavy (non-hydrogen) atoms. The summed E-state index contributed by atoms with van der Waals surface area (Å²) in [7, 11) is 0. The number of benzene rings is 1. The lowest BCUT2D eigenvalue weighted by Crippen LogP contribution is -2.27. The largest absolute Gasteiger partial charge is 0.356 e. The van der Waals surface area contributed by atoms with E-state index in [2.05, 4.69) is 48.9 Å². The molecule has 0 atom stereocenters. The number of carbonyl (C=O) groups excluding carboxylic acids is 1. The standard InChI is InChI=1S/C21H29N3OS/c1-15-7-8-18(14-16(15)2)26-13-10-21(25)22-11-9-19-17(3)23-20-6-4-5-12-24(19)20/h7-8,14H,4-6,9-13H2,1-3H3,(H,22,25). The summed E-state index contributed by atoms with van der Waals surface area (Å²) in [5, 5.41) is 3.07. The molecule has 1 amide bonds. The van der Waals surface area contributed by atoms with Crippen molar-refractivity contribution in [2.45, 2.75) is 64.3 Å². The minimum absolute atomic E-state index is 0.136. The Bertz CT molecular complexity index is 782. The van der Waals surface area contributed by atoms with Crippen molar-refractivity contribution in [2.75, 3.05) is 12.3 Å². The first-order chi connectivity index (χ1) is 12.5. The number of nitrogens with zero attached hydrogens (tertiary/aromatic N) is 2. The third kappa shape index (κ3) is 4.70. The SMILES string of the molecule is Cc1ccc(SCCC(=O)NCCc2c(C)nc3n2CCCC3)cc1C. The lowest BCUT2D eigenvalue weighted by atomic mass is 10.1. The van der Waals surface area contributed by atoms with Crippen molar-refractivity contribution in [3.05, 3.63) is 46.5 Å². The highest BCUT2D eigenvalue weighted by Crippen LogP contribution is 2.22. The summed E-state index contributed by atoms with van der Waals surface area (Å²) >= 11 is 1.75. The monoisotopic (exact) mass is 371 g/mol. The molecule has 0 bridgehead atoms. The Hall–Kier alpha value is -1.75. The number of fused-ring (bicyclic) bond motifs is 1. The normalized spacial score (nSPS) is 13.5. The van der Waals surface area contributed by atoms with E-state index in [0.29, 0.717) is 13.0 Å². The highest BCUT2D eigenvalue weighted by molar-refractivity contribution is 7.99. The third-order valence-corrected chi connectivity index (χ3v) is 6.14. The van der Waals surface area contributed by atoms with E-state index in [1.165, 1.54) is 40.4 Å². The second-order valence-corrected chi connectivity index (χ2v) is 8.28. The fourth-order valence-corrected chi connectivity index (χ4v) is 4.41. The molecule has 0 aliphatic carbocycles. The van der Waals surface area contributed by atoms with Crippen LogP contribution in [0.4, 0.5) is 0 Å². The fraction of sp³-hybridized carbons (Fsp3) is 0.524. The van der Waals surface area contributed by atoms with Gasteiger partial charge in [-0.2, -0.15) is 0 Å². The first-order valence-corrected chi connectivity index (χ1v) is 10.5. The number of hydrogen-bond acceptors (Lipinski definition) is 3. The number of imidazole rings is 1. The molecule has 4 nitrogen and oxygen atoms in total. The van der Waals surface area contributed by atoms with Gasteiger partial charge in [-0.25, -0.2) is 4.98 Å². The van der Waals surface area contributed by atoms with Crippen molar-refractivity contribution in [2.24, 2.45) is 0 Å². The molecule has 0 saturated heterocycles. The van der Waals surface area contributed by atoms with Crippen LogP contribution in [0.1, 0.15) is 47.6 Å². The number of rotatable bonds is 7. The number of hydrogen-bond donors (Lipinski definition) is 1. The molecule has 3 rings (SSSR count). The smallest absolute Gasteiger partial charge is 0.220 e. The molecule has 1 N–H and O–H groups in total. The first kappa shape index (κ1) is 19.0. The molecular formula is C21H29N3OS. The Labute approximate surface area is 160 Å². The summed E-state index contributed by atoms with van der Waals surface area (Å²) in [6, 6.07) is 6.48. The molecule has 0 radical (unpaired) electrons. The molecule has 140 valence electrons. The topological polar surface area (TPSA) is 46.9 Å². The van der Waals surface area contributed by atoms with Gasteiger partial charge < -0.3 is 9.88 Å². The van der Waals surface area contributed by atoms with Crippen LogP contribution in [0.15, 0.2) is 23.1 Å². The quantitative estimate of drug-likeness (QED) is 0.749. The average molecular weight is 372 g/mol. The summed E-state index contributed by atoms with van der Waals surface area (Å²) in [5.41, 5.74) is 5.04. The molecule has 1 aromatic carbocycles. The minimum Gasteiger partial charge on any atom is -0.356 e. The number of amides is 1. The van der Waals surface area contributed by atoms with Gasteiger partial charge in [0.15, 0.2) is 0 Å². The van der Waals surface area contributed by atoms with Crippen LogP contribution in [0.2, 0.25) is 0 Å². The summed E-state index contributed by atoms with van der Waals surface area (Å²) < 4.78 is 2.36. The Kier molecular flexibility index (Phi) is 6.41. The van der Waals surface area contributed by atoms with Gasteiger partial charge in [0.05, 0.1) is 5.69 Å². The number of thioether (sulfide) groups is 1. The zero-order chi connectivity index (χ0) is 18.5. The molecule has 5 heteroatoms. The maximum Gasteiger partial charge on any atom is 0.220 e. The van der Waals surface area contributed by atoms with Crippen LogP contribution in [0, 0.1) is 20.8 Å². The van der Waals surface area contributed by atoms with Gasteiger partial charge in [0, 0.05) is 48.7 Å². The number of carbonyl (C=O) groups is 1. The van der Waals surface area contributed by atoms with E-state index < -0.39 is 0 Å². The molecule has 0 saturated carbocycles. The van der Waals surface area contributed by atoms with Gasteiger partial charge in [0.2, 0.25) is 5.91 Å². The van der Waals surface area contributed by atoms with Crippen molar-refractivity contribution in [1.82, 2.24) is 14.9 Å².